The van der Waals surface area contributed by atoms with Crippen LogP contribution in [0.2, 0.25) is 18.1 Å². The van der Waals surface area contributed by atoms with Gasteiger partial charge < -0.3 is 23.4 Å². The quantitative estimate of drug-likeness (QED) is 0.0520. The maximum Gasteiger partial charge on any atom is 0.211 e. The molecule has 268 valence electrons. The van der Waals surface area contributed by atoms with Crippen molar-refractivity contribution >= 4 is 31.0 Å². The number of rotatable bonds is 22. The minimum absolute atomic E-state index is 0.0176. The summed E-state index contributed by atoms with van der Waals surface area (Å²) in [6, 6.07) is 17.9. The van der Waals surface area contributed by atoms with Gasteiger partial charge in [0.1, 0.15) is 18.3 Å². The molecular formula is C39H60O7SSi. The van der Waals surface area contributed by atoms with E-state index in [1.807, 2.05) is 82.3 Å². The Bertz CT molecular complexity index is 1260. The van der Waals surface area contributed by atoms with Gasteiger partial charge in [-0.15, -0.1) is 0 Å². The van der Waals surface area contributed by atoms with Crippen LogP contribution in [0, 0.1) is 5.41 Å². The van der Waals surface area contributed by atoms with E-state index in [0.29, 0.717) is 44.6 Å². The molecule has 48 heavy (non-hydrogen) atoms. The van der Waals surface area contributed by atoms with Gasteiger partial charge in [-0.1, -0.05) is 88.0 Å². The Kier molecular flexibility index (Phi) is 17.8. The first-order chi connectivity index (χ1) is 22.6. The Morgan fingerprint density at radius 3 is 2.17 bits per heavy atom. The van der Waals surface area contributed by atoms with Crippen molar-refractivity contribution in [1.29, 1.82) is 0 Å². The second-order valence-electron chi connectivity index (χ2n) is 14.4. The van der Waals surface area contributed by atoms with Gasteiger partial charge in [-0.2, -0.15) is 0 Å². The van der Waals surface area contributed by atoms with Crippen LogP contribution < -0.4 is 4.74 Å². The first-order valence-corrected chi connectivity index (χ1v) is 21.0. The van der Waals surface area contributed by atoms with E-state index in [1.165, 1.54) is 17.8 Å². The molecule has 2 aromatic carbocycles. The first kappa shape index (κ1) is 41.9. The minimum atomic E-state index is -2.15. The summed E-state index contributed by atoms with van der Waals surface area (Å²) in [5, 5.41) is -0.00676. The van der Waals surface area contributed by atoms with Gasteiger partial charge in [-0.05, 0) is 86.8 Å². The summed E-state index contributed by atoms with van der Waals surface area (Å²) in [4.78, 5) is 25.3. The van der Waals surface area contributed by atoms with E-state index >= 15 is 0 Å². The number of Topliss-reactive ketones (excluding diaryl/α,β-unsaturated/α-hetero) is 1. The summed E-state index contributed by atoms with van der Waals surface area (Å²) in [5.74, 6) is 1.62. The maximum absolute atomic E-state index is 13.3. The van der Waals surface area contributed by atoms with E-state index in [4.69, 9.17) is 23.4 Å². The highest BCUT2D eigenvalue weighted by atomic mass is 32.2. The summed E-state index contributed by atoms with van der Waals surface area (Å²) in [6.45, 7) is 20.0. The largest absolute Gasteiger partial charge is 0.497 e. The summed E-state index contributed by atoms with van der Waals surface area (Å²) >= 11 is 1.24. The van der Waals surface area contributed by atoms with Crippen LogP contribution in [0.5, 0.6) is 5.75 Å². The molecule has 0 saturated carbocycles. The number of benzene rings is 2. The predicted octanol–water partition coefficient (Wildman–Crippen LogP) is 9.54. The highest BCUT2D eigenvalue weighted by Crippen LogP contribution is 2.39. The predicted molar refractivity (Wildman–Crippen MR) is 200 cm³/mol. The van der Waals surface area contributed by atoms with E-state index in [2.05, 4.69) is 33.9 Å². The molecular weight excluding hydrogens is 641 g/mol. The third kappa shape index (κ3) is 15.1. The third-order valence-corrected chi connectivity index (χ3v) is 14.3. The Morgan fingerprint density at radius 1 is 0.917 bits per heavy atom. The SMILES string of the molecule is CCSC(=O)/C=C/C(C)(C)C(=O)CCC[C@@H](C[C@@H](OCc1ccc(OC)cc1)[C@@H](C)OCOCc1ccccc1)O[Si](C)(C)C(C)(C)C. The third-order valence-electron chi connectivity index (χ3n) is 9.01. The van der Waals surface area contributed by atoms with E-state index in [-0.39, 0.29) is 41.0 Å². The van der Waals surface area contributed by atoms with Crippen LogP contribution in [0.25, 0.3) is 0 Å². The molecule has 2 aromatic rings. The Balaban J connectivity index is 2.18. The van der Waals surface area contributed by atoms with E-state index in [9.17, 15) is 9.59 Å². The molecule has 0 unspecified atom stereocenters. The zero-order chi connectivity index (χ0) is 35.8. The number of allylic oxidation sites excluding steroid dienone is 1. The lowest BCUT2D eigenvalue weighted by Gasteiger charge is -2.40. The molecule has 0 aliphatic heterocycles. The van der Waals surface area contributed by atoms with Crippen molar-refractivity contribution in [2.24, 2.45) is 5.41 Å². The molecule has 3 atom stereocenters. The fourth-order valence-electron chi connectivity index (χ4n) is 4.77. The number of hydrogen-bond donors (Lipinski definition) is 0. The molecule has 0 heterocycles. The summed E-state index contributed by atoms with van der Waals surface area (Å²) in [6.07, 6.45) is 5.00. The molecule has 0 N–H and O–H groups in total. The van der Waals surface area contributed by atoms with Crippen molar-refractivity contribution in [3.05, 3.63) is 77.9 Å². The van der Waals surface area contributed by atoms with Gasteiger partial charge in [0, 0.05) is 24.4 Å². The summed E-state index contributed by atoms with van der Waals surface area (Å²) < 4.78 is 30.9. The molecule has 0 amide bonds. The fourth-order valence-corrected chi connectivity index (χ4v) is 6.62. The normalized spacial score (nSPS) is 14.5. The lowest BCUT2D eigenvalue weighted by atomic mass is 9.85. The highest BCUT2D eigenvalue weighted by Gasteiger charge is 2.40. The maximum atomic E-state index is 13.3. The van der Waals surface area contributed by atoms with Crippen molar-refractivity contribution in [3.8, 4) is 5.75 Å². The van der Waals surface area contributed by atoms with Crippen molar-refractivity contribution in [2.45, 2.75) is 124 Å². The molecule has 0 aliphatic rings. The molecule has 0 bridgehead atoms. The van der Waals surface area contributed by atoms with Crippen molar-refractivity contribution < 1.29 is 33.0 Å². The first-order valence-electron chi connectivity index (χ1n) is 17.1. The topological polar surface area (TPSA) is 80.3 Å². The van der Waals surface area contributed by atoms with Gasteiger partial charge in [-0.3, -0.25) is 9.59 Å². The van der Waals surface area contributed by atoms with Crippen molar-refractivity contribution in [3.63, 3.8) is 0 Å². The van der Waals surface area contributed by atoms with Crippen molar-refractivity contribution in [1.82, 2.24) is 0 Å². The second kappa shape index (κ2) is 20.4. The van der Waals surface area contributed by atoms with Crippen LogP contribution in [0.3, 0.4) is 0 Å². The minimum Gasteiger partial charge on any atom is -0.497 e. The number of hydrogen-bond acceptors (Lipinski definition) is 8. The smallest absolute Gasteiger partial charge is 0.211 e. The Labute approximate surface area is 295 Å². The summed E-state index contributed by atoms with van der Waals surface area (Å²) in [7, 11) is -0.499. The van der Waals surface area contributed by atoms with Crippen molar-refractivity contribution in [2.75, 3.05) is 19.7 Å². The van der Waals surface area contributed by atoms with Gasteiger partial charge >= 0.3 is 0 Å². The highest BCUT2D eigenvalue weighted by molar-refractivity contribution is 8.14. The molecule has 0 fully saturated rings. The molecule has 0 saturated heterocycles. The van der Waals surface area contributed by atoms with Crippen LogP contribution in [-0.2, 0) is 41.4 Å². The number of carbonyl (C=O) groups is 2. The van der Waals surface area contributed by atoms with Gasteiger partial charge in [0.2, 0.25) is 5.12 Å². The molecule has 0 radical (unpaired) electrons. The average Bonchev–Trinajstić information content (AvgIpc) is 3.04. The Morgan fingerprint density at radius 2 is 1.56 bits per heavy atom. The van der Waals surface area contributed by atoms with Crippen LogP contribution in [0.4, 0.5) is 0 Å². The van der Waals surface area contributed by atoms with Gasteiger partial charge in [0.15, 0.2) is 8.32 Å². The fraction of sp³-hybridized carbons (Fsp3) is 0.590. The van der Waals surface area contributed by atoms with Gasteiger partial charge in [0.25, 0.3) is 0 Å². The molecule has 7 nitrogen and oxygen atoms in total. The summed E-state index contributed by atoms with van der Waals surface area (Å²) in [5.41, 5.74) is 1.40. The number of carbonyl (C=O) groups excluding carboxylic acids is 2. The molecule has 0 aliphatic carbocycles. The molecule has 0 spiro atoms. The van der Waals surface area contributed by atoms with Gasteiger partial charge in [0.05, 0.1) is 32.5 Å². The monoisotopic (exact) mass is 700 g/mol. The number of ketones is 1. The standard InChI is InChI=1S/C39H60O7SSi/c1-11-47-37(41)24-25-39(6,7)36(40)19-15-18-34(46-48(9,10)38(3,4)5)26-35(44-28-32-20-22-33(42-8)23-21-32)30(2)45-29-43-27-31-16-13-12-14-17-31/h12-14,16-17,20-25,30,34-35H,11,15,18-19,26-29H2,1-10H3/b25-24+/t30-,34+,35-/m1/s1. The number of ether oxygens (including phenoxy) is 4. The van der Waals surface area contributed by atoms with E-state index in [0.717, 1.165) is 16.9 Å². The number of thioether (sulfide) groups is 1. The second-order valence-corrected chi connectivity index (χ2v) is 20.4. The molecule has 0 aromatic heterocycles. The zero-order valence-corrected chi connectivity index (χ0v) is 32.8. The number of methoxy groups -OCH3 is 1. The average molecular weight is 701 g/mol. The molecule has 2 rings (SSSR count). The van der Waals surface area contributed by atoms with Crippen LogP contribution in [0.1, 0.15) is 85.3 Å². The van der Waals surface area contributed by atoms with E-state index < -0.39 is 13.7 Å². The Hall–Kier alpha value is -2.27. The lowest BCUT2D eigenvalue weighted by Crippen LogP contribution is -2.45. The van der Waals surface area contributed by atoms with Crippen LogP contribution in [0.15, 0.2) is 66.7 Å². The van der Waals surface area contributed by atoms with Crippen LogP contribution >= 0.6 is 11.8 Å². The van der Waals surface area contributed by atoms with Gasteiger partial charge in [-0.25, -0.2) is 0 Å². The van der Waals surface area contributed by atoms with Crippen LogP contribution in [-0.4, -0.2) is 57.2 Å². The zero-order valence-electron chi connectivity index (χ0n) is 31.0. The lowest BCUT2D eigenvalue weighted by molar-refractivity contribution is -0.145. The van der Waals surface area contributed by atoms with E-state index in [1.54, 1.807) is 13.2 Å². The molecule has 9 heteroatoms.